The Labute approximate surface area is 100 Å². The summed E-state index contributed by atoms with van der Waals surface area (Å²) in [6.45, 7) is 1.66. The van der Waals surface area contributed by atoms with Gasteiger partial charge in [0.25, 0.3) is 0 Å². The van der Waals surface area contributed by atoms with Crippen LogP contribution in [0.2, 0.25) is 0 Å². The average Bonchev–Trinajstić information content (AvgIpc) is 2.18. The molecule has 4 nitrogen and oxygen atoms in total. The molecule has 1 aromatic rings. The molecule has 0 aliphatic carbocycles. The highest BCUT2D eigenvalue weighted by Crippen LogP contribution is 2.18. The fourth-order valence-electron chi connectivity index (χ4n) is 0.914. The summed E-state index contributed by atoms with van der Waals surface area (Å²) in [5.74, 6) is -1.82. The summed E-state index contributed by atoms with van der Waals surface area (Å²) in [4.78, 5) is 21.9. The lowest BCUT2D eigenvalue weighted by molar-refractivity contribution is -0.255. The van der Waals surface area contributed by atoms with E-state index in [1.165, 1.54) is 18.2 Å². The molecule has 0 saturated heterocycles. The van der Waals surface area contributed by atoms with E-state index in [0.29, 0.717) is 0 Å². The van der Waals surface area contributed by atoms with Crippen LogP contribution in [0.25, 0.3) is 0 Å². The second-order valence-corrected chi connectivity index (χ2v) is 4.69. The molecule has 0 bridgehead atoms. The summed E-state index contributed by atoms with van der Waals surface area (Å²) in [7, 11) is 0. The lowest BCUT2D eigenvalue weighted by Crippen LogP contribution is -2.25. The van der Waals surface area contributed by atoms with E-state index in [-0.39, 0.29) is 15.2 Å². The molecule has 0 saturated carbocycles. The van der Waals surface area contributed by atoms with E-state index < -0.39 is 11.9 Å². The van der Waals surface area contributed by atoms with E-state index in [0.717, 1.165) is 0 Å². The number of halogens is 1. The van der Waals surface area contributed by atoms with Gasteiger partial charge in [-0.05, 0) is 19.1 Å². The van der Waals surface area contributed by atoms with E-state index in [9.17, 15) is 14.7 Å². The number of hydrogen-bond acceptors (Lipinski definition) is 4. The number of carbonyl (C=O) groups excluding carboxylic acids is 2. The van der Waals surface area contributed by atoms with Crippen LogP contribution in [0, 0.1) is 0 Å². The summed E-state index contributed by atoms with van der Waals surface area (Å²) in [6.07, 6.45) is 0. The highest BCUT2D eigenvalue weighted by atomic mass is 127. The molecule has 0 fully saturated rings. The number of hydrogen-bond donors (Lipinski definition) is 0. The zero-order valence-corrected chi connectivity index (χ0v) is 10.1. The molecule has 0 aromatic heterocycles. The molecule has 5 heteroatoms. The van der Waals surface area contributed by atoms with E-state index in [4.69, 9.17) is 4.74 Å². The molecule has 1 unspecified atom stereocenters. The predicted molar refractivity (Wildman–Crippen MR) is 59.9 cm³/mol. The van der Waals surface area contributed by atoms with E-state index in [2.05, 4.69) is 0 Å². The number of carbonyl (C=O) groups is 2. The van der Waals surface area contributed by atoms with Crippen molar-refractivity contribution >= 4 is 34.5 Å². The topological polar surface area (TPSA) is 66.4 Å². The molecule has 0 aliphatic heterocycles. The highest BCUT2D eigenvalue weighted by Gasteiger charge is 2.13. The normalized spacial score (nSPS) is 11.9. The number of rotatable bonds is 3. The molecule has 0 heterocycles. The number of esters is 1. The van der Waals surface area contributed by atoms with Gasteiger partial charge in [0.05, 0.1) is 5.97 Å². The van der Waals surface area contributed by atoms with Gasteiger partial charge in [-0.15, -0.1) is 0 Å². The molecule has 1 atom stereocenters. The van der Waals surface area contributed by atoms with Gasteiger partial charge in [0.2, 0.25) is 0 Å². The van der Waals surface area contributed by atoms with Crippen molar-refractivity contribution < 1.29 is 19.4 Å². The van der Waals surface area contributed by atoms with Crippen LogP contribution < -0.4 is 9.84 Å². The van der Waals surface area contributed by atoms with Crippen LogP contribution in [0.15, 0.2) is 24.3 Å². The summed E-state index contributed by atoms with van der Waals surface area (Å²) >= 11 is 1.89. The van der Waals surface area contributed by atoms with Crippen LogP contribution in [-0.4, -0.2) is 15.9 Å². The largest absolute Gasteiger partial charge is 0.545 e. The Balaban J connectivity index is 2.94. The van der Waals surface area contributed by atoms with Crippen LogP contribution in [0.5, 0.6) is 5.75 Å². The Morgan fingerprint density at radius 2 is 2.00 bits per heavy atom. The highest BCUT2D eigenvalue weighted by molar-refractivity contribution is 14.1. The van der Waals surface area contributed by atoms with Gasteiger partial charge < -0.3 is 14.6 Å². The molecule has 15 heavy (non-hydrogen) atoms. The third-order valence-corrected chi connectivity index (χ3v) is 2.15. The van der Waals surface area contributed by atoms with Gasteiger partial charge in [0.1, 0.15) is 9.67 Å². The number of carboxylic acid groups (broad SMARTS) is 1. The maximum atomic E-state index is 11.2. The SMILES string of the molecule is CC(I)C(=O)Oc1ccccc1C(=O)[O-]. The number of aromatic carboxylic acids is 1. The van der Waals surface area contributed by atoms with Gasteiger partial charge in [-0.1, -0.05) is 34.7 Å². The average molecular weight is 319 g/mol. The van der Waals surface area contributed by atoms with Crippen LogP contribution in [0.1, 0.15) is 17.3 Å². The zero-order valence-electron chi connectivity index (χ0n) is 7.90. The fraction of sp³-hybridized carbons (Fsp3) is 0.200. The summed E-state index contributed by atoms with van der Waals surface area (Å²) in [6, 6.07) is 5.88. The van der Waals surface area contributed by atoms with Gasteiger partial charge in [0.15, 0.2) is 0 Å². The molecule has 80 valence electrons. The molecular weight excluding hydrogens is 311 g/mol. The number of carboxylic acids is 1. The third kappa shape index (κ3) is 3.19. The molecule has 0 aliphatic rings. The summed E-state index contributed by atoms with van der Waals surface area (Å²) in [5.41, 5.74) is -0.122. The Morgan fingerprint density at radius 1 is 1.40 bits per heavy atom. The van der Waals surface area contributed by atoms with Gasteiger partial charge in [-0.2, -0.15) is 0 Å². The standard InChI is InChI=1S/C10H9IO4/c1-6(11)10(14)15-8-5-3-2-4-7(8)9(12)13/h2-6H,1H3,(H,12,13)/p-1. The van der Waals surface area contributed by atoms with Crippen LogP contribution in [0.3, 0.4) is 0 Å². The number of alkyl halides is 1. The van der Waals surface area contributed by atoms with Crippen molar-refractivity contribution in [2.24, 2.45) is 0 Å². The lowest BCUT2D eigenvalue weighted by atomic mass is 10.2. The molecular formula is C10H8IO4-. The van der Waals surface area contributed by atoms with E-state index in [1.807, 2.05) is 22.6 Å². The second kappa shape index (κ2) is 5.11. The first kappa shape index (κ1) is 12.0. The van der Waals surface area contributed by atoms with Crippen molar-refractivity contribution in [2.75, 3.05) is 0 Å². The Hall–Kier alpha value is -1.11. The van der Waals surface area contributed by atoms with Crippen molar-refractivity contribution in [1.29, 1.82) is 0 Å². The lowest BCUT2D eigenvalue weighted by Gasteiger charge is -2.10. The first-order chi connectivity index (χ1) is 7.02. The minimum Gasteiger partial charge on any atom is -0.545 e. The molecule has 1 aromatic carbocycles. The number of benzene rings is 1. The van der Waals surface area contributed by atoms with E-state index in [1.54, 1.807) is 13.0 Å². The van der Waals surface area contributed by atoms with Crippen LogP contribution in [-0.2, 0) is 4.79 Å². The van der Waals surface area contributed by atoms with Crippen molar-refractivity contribution in [3.8, 4) is 5.75 Å². The Bertz CT molecular complexity index is 387. The molecule has 0 radical (unpaired) electrons. The predicted octanol–water partition coefficient (Wildman–Crippen LogP) is 0.779. The number of ether oxygens (including phenoxy) is 1. The second-order valence-electron chi connectivity index (χ2n) is 2.82. The minimum atomic E-state index is -1.36. The monoisotopic (exact) mass is 319 g/mol. The molecule has 0 amide bonds. The van der Waals surface area contributed by atoms with Crippen molar-refractivity contribution in [3.05, 3.63) is 29.8 Å². The maximum absolute atomic E-state index is 11.2. The Morgan fingerprint density at radius 3 is 2.53 bits per heavy atom. The van der Waals surface area contributed by atoms with Crippen LogP contribution >= 0.6 is 22.6 Å². The zero-order chi connectivity index (χ0) is 11.4. The van der Waals surface area contributed by atoms with E-state index >= 15 is 0 Å². The number of para-hydroxylation sites is 1. The maximum Gasteiger partial charge on any atom is 0.324 e. The molecule has 0 spiro atoms. The third-order valence-electron chi connectivity index (χ3n) is 1.64. The van der Waals surface area contributed by atoms with Gasteiger partial charge in [0, 0.05) is 5.56 Å². The van der Waals surface area contributed by atoms with Crippen molar-refractivity contribution in [3.63, 3.8) is 0 Å². The fourth-order valence-corrected chi connectivity index (χ4v) is 1.04. The molecule has 1 rings (SSSR count). The first-order valence-electron chi connectivity index (χ1n) is 4.18. The first-order valence-corrected chi connectivity index (χ1v) is 5.43. The van der Waals surface area contributed by atoms with Crippen LogP contribution in [0.4, 0.5) is 0 Å². The Kier molecular flexibility index (Phi) is 4.07. The summed E-state index contributed by atoms with van der Waals surface area (Å²) < 4.78 is 4.57. The van der Waals surface area contributed by atoms with Gasteiger partial charge >= 0.3 is 5.97 Å². The van der Waals surface area contributed by atoms with Gasteiger partial charge in [-0.25, -0.2) is 0 Å². The van der Waals surface area contributed by atoms with Crippen molar-refractivity contribution in [1.82, 2.24) is 0 Å². The summed E-state index contributed by atoms with van der Waals surface area (Å²) in [5, 5.41) is 10.7. The van der Waals surface area contributed by atoms with Gasteiger partial charge in [-0.3, -0.25) is 4.79 Å². The molecule has 0 N–H and O–H groups in total. The van der Waals surface area contributed by atoms with Crippen molar-refractivity contribution in [2.45, 2.75) is 10.8 Å². The quantitative estimate of drug-likeness (QED) is 0.357. The minimum absolute atomic E-state index is 0.0195. The smallest absolute Gasteiger partial charge is 0.324 e.